The van der Waals surface area contributed by atoms with E-state index in [1.54, 1.807) is 20.0 Å². The molecule has 0 heterocycles. The van der Waals surface area contributed by atoms with Crippen LogP contribution in [0.4, 0.5) is 0 Å². The van der Waals surface area contributed by atoms with Crippen LogP contribution in [-0.4, -0.2) is 3.21 Å². The Morgan fingerprint density at radius 1 is 0.875 bits per heavy atom. The molecule has 5 rings (SSSR count). The summed E-state index contributed by atoms with van der Waals surface area (Å²) >= 11 is -2.12. The van der Waals surface area contributed by atoms with Crippen molar-refractivity contribution in [3.63, 3.8) is 0 Å². The van der Waals surface area contributed by atoms with Crippen LogP contribution in [0.3, 0.4) is 0 Å². The Labute approximate surface area is 214 Å². The Balaban J connectivity index is 0.00000144. The topological polar surface area (TPSA) is 0 Å². The van der Waals surface area contributed by atoms with Crippen LogP contribution in [0.25, 0.3) is 11.1 Å². The minimum atomic E-state index is -2.12. The SMILES string of the molecule is CC1=[C]([Zr+2](=[C]2CCCCC2)[c]2cccc3c2Cc2ccccc2-3)C(C)C=C1C(C)C.[Cl-].[Cl-]. The summed E-state index contributed by atoms with van der Waals surface area (Å²) in [7, 11) is 0. The van der Waals surface area contributed by atoms with Gasteiger partial charge in [0, 0.05) is 0 Å². The Hall–Kier alpha value is -0.747. The molecule has 0 N–H and O–H groups in total. The van der Waals surface area contributed by atoms with Crippen molar-refractivity contribution in [1.82, 2.24) is 0 Å². The Morgan fingerprint density at radius 2 is 1.56 bits per heavy atom. The Bertz CT molecular complexity index is 1100. The van der Waals surface area contributed by atoms with Crippen molar-refractivity contribution >= 4 is 6.48 Å². The van der Waals surface area contributed by atoms with Gasteiger partial charge in [-0.2, -0.15) is 0 Å². The molecule has 2 aromatic carbocycles. The molecule has 0 nitrogen and oxygen atoms in total. The summed E-state index contributed by atoms with van der Waals surface area (Å²) in [5, 5.41) is 0. The van der Waals surface area contributed by atoms with Crippen LogP contribution < -0.4 is 28.1 Å². The van der Waals surface area contributed by atoms with Crippen LogP contribution in [0.1, 0.15) is 70.9 Å². The normalized spacial score (nSPS) is 18.9. The molecule has 0 radical (unpaired) electrons. The second-order valence-corrected chi connectivity index (χ2v) is 16.0. The number of fused-ring (bicyclic) bond motifs is 3. The van der Waals surface area contributed by atoms with Crippen molar-refractivity contribution in [2.75, 3.05) is 0 Å². The maximum atomic E-state index is 2.61. The summed E-state index contributed by atoms with van der Waals surface area (Å²) in [6, 6.07) is 16.4. The van der Waals surface area contributed by atoms with E-state index in [0.717, 1.165) is 6.42 Å². The molecule has 0 aromatic heterocycles. The fraction of sp³-hybridized carbons (Fsp3) is 0.414. The van der Waals surface area contributed by atoms with Crippen LogP contribution in [0.15, 0.2) is 63.0 Å². The molecule has 2 aromatic rings. The van der Waals surface area contributed by atoms with E-state index in [-0.39, 0.29) is 24.8 Å². The van der Waals surface area contributed by atoms with Crippen LogP contribution in [-0.2, 0) is 27.7 Å². The summed E-state index contributed by atoms with van der Waals surface area (Å²) in [4.78, 5) is 0. The second-order valence-electron chi connectivity index (χ2n) is 9.81. The summed E-state index contributed by atoms with van der Waals surface area (Å²) < 4.78 is 5.68. The number of hydrogen-bond donors (Lipinski definition) is 0. The fourth-order valence-corrected chi connectivity index (χ4v) is 15.4. The van der Waals surface area contributed by atoms with E-state index in [1.165, 1.54) is 48.8 Å². The van der Waals surface area contributed by atoms with Gasteiger partial charge < -0.3 is 24.8 Å². The van der Waals surface area contributed by atoms with E-state index in [2.05, 4.69) is 76.2 Å². The third-order valence-electron chi connectivity index (χ3n) is 7.54. The van der Waals surface area contributed by atoms with Gasteiger partial charge in [0.25, 0.3) is 0 Å². The average Bonchev–Trinajstić information content (AvgIpc) is 3.28. The molecule has 0 spiro atoms. The van der Waals surface area contributed by atoms with Crippen LogP contribution in [0, 0.1) is 11.8 Å². The number of allylic oxidation sites excluding steroid dienone is 4. The molecule has 0 amide bonds. The molecule has 32 heavy (non-hydrogen) atoms. The van der Waals surface area contributed by atoms with E-state index >= 15 is 0 Å². The molecule has 3 aliphatic carbocycles. The molecule has 1 unspecified atom stereocenters. The van der Waals surface area contributed by atoms with Gasteiger partial charge in [0.05, 0.1) is 0 Å². The maximum absolute atomic E-state index is 2.61. The first-order valence-electron chi connectivity index (χ1n) is 11.9. The molecule has 0 bridgehead atoms. The first-order valence-corrected chi connectivity index (χ1v) is 15.6. The molecule has 3 aliphatic rings. The van der Waals surface area contributed by atoms with Crippen LogP contribution in [0.5, 0.6) is 0 Å². The minimum Gasteiger partial charge on any atom is -1.00 e. The predicted molar refractivity (Wildman–Crippen MR) is 127 cm³/mol. The molecular weight excluding hydrogens is 510 g/mol. The molecule has 168 valence electrons. The quantitative estimate of drug-likeness (QED) is 0.464. The molecule has 0 saturated heterocycles. The second kappa shape index (κ2) is 10.7. The molecule has 3 heteroatoms. The van der Waals surface area contributed by atoms with Gasteiger partial charge in [-0.25, -0.2) is 0 Å². The zero-order valence-corrected chi connectivity index (χ0v) is 23.7. The van der Waals surface area contributed by atoms with Crippen LogP contribution >= 0.6 is 0 Å². The monoisotopic (exact) mass is 542 g/mol. The van der Waals surface area contributed by atoms with Crippen molar-refractivity contribution in [2.24, 2.45) is 11.8 Å². The molecule has 1 atom stereocenters. The van der Waals surface area contributed by atoms with E-state index in [1.807, 2.05) is 6.49 Å². The smallest absolute Gasteiger partial charge is 1.00 e. The van der Waals surface area contributed by atoms with Crippen molar-refractivity contribution in [3.05, 3.63) is 74.1 Å². The van der Waals surface area contributed by atoms with Crippen molar-refractivity contribution in [3.8, 4) is 11.1 Å². The average molecular weight is 545 g/mol. The number of hydrogen-bond acceptors (Lipinski definition) is 0. The van der Waals surface area contributed by atoms with E-state index in [0.29, 0.717) is 11.8 Å². The summed E-state index contributed by atoms with van der Waals surface area (Å²) in [5.41, 5.74) is 9.51. The van der Waals surface area contributed by atoms with Crippen molar-refractivity contribution in [2.45, 2.75) is 66.2 Å². The van der Waals surface area contributed by atoms with Crippen LogP contribution in [0.2, 0.25) is 0 Å². The Morgan fingerprint density at radius 3 is 2.25 bits per heavy atom. The van der Waals surface area contributed by atoms with Gasteiger partial charge >= 0.3 is 191 Å². The first-order chi connectivity index (χ1) is 14.6. The first kappa shape index (κ1) is 25.9. The zero-order chi connectivity index (χ0) is 20.8. The molecule has 1 fully saturated rings. The van der Waals surface area contributed by atoms with Gasteiger partial charge in [-0.15, -0.1) is 0 Å². The van der Waals surface area contributed by atoms with E-state index < -0.39 is 21.3 Å². The predicted octanol–water partition coefficient (Wildman–Crippen LogP) is 1.15. The molecule has 1 saturated carbocycles. The number of benzene rings is 2. The minimum absolute atomic E-state index is 0. The van der Waals surface area contributed by atoms with Gasteiger partial charge in [-0.05, 0) is 0 Å². The van der Waals surface area contributed by atoms with Gasteiger partial charge in [-0.1, -0.05) is 0 Å². The standard InChI is InChI=1S/C13H9.C10H15.C6H10.2ClH.Zr/c1-3-7-12-10(5-1)9-11-6-2-4-8-13(11)12;1-7(2)10-6-8(3)5-9(10)4;1-2-4-6-5-3-1;;;/h1-5,7-8H,9H2;6-8H,1-4H3;1-5H2;2*1H;/q;;;;;+2/p-2. The van der Waals surface area contributed by atoms with Gasteiger partial charge in [0.1, 0.15) is 0 Å². The third-order valence-corrected chi connectivity index (χ3v) is 16.4. The molecular formula is C29H34Cl2Zr. The zero-order valence-electron chi connectivity index (χ0n) is 19.8. The molecule has 0 aliphatic heterocycles. The summed E-state index contributed by atoms with van der Waals surface area (Å²) in [6.07, 6.45) is 10.8. The van der Waals surface area contributed by atoms with Gasteiger partial charge in [0.15, 0.2) is 0 Å². The Kier molecular flexibility index (Phi) is 8.63. The van der Waals surface area contributed by atoms with Gasteiger partial charge in [0.2, 0.25) is 0 Å². The van der Waals surface area contributed by atoms with Gasteiger partial charge in [-0.3, -0.25) is 0 Å². The number of rotatable bonds is 3. The summed E-state index contributed by atoms with van der Waals surface area (Å²) in [5.74, 6) is 1.27. The van der Waals surface area contributed by atoms with E-state index in [9.17, 15) is 0 Å². The summed E-state index contributed by atoms with van der Waals surface area (Å²) in [6.45, 7) is 9.68. The number of halogens is 2. The van der Waals surface area contributed by atoms with Crippen molar-refractivity contribution < 1.29 is 46.1 Å². The van der Waals surface area contributed by atoms with E-state index in [4.69, 9.17) is 0 Å². The maximum Gasteiger partial charge on any atom is -1.00 e. The fourth-order valence-electron chi connectivity index (χ4n) is 6.16. The van der Waals surface area contributed by atoms with Crippen molar-refractivity contribution in [1.29, 1.82) is 0 Å². The third kappa shape index (κ3) is 4.47. The largest absolute Gasteiger partial charge is 1.00 e.